The van der Waals surface area contributed by atoms with Crippen molar-refractivity contribution in [2.24, 2.45) is 0 Å². The number of ether oxygens (including phenoxy) is 1. The van der Waals surface area contributed by atoms with Gasteiger partial charge in [0, 0.05) is 24.5 Å². The number of hydrogen-bond donors (Lipinski definition) is 0. The lowest BCUT2D eigenvalue weighted by Gasteiger charge is -2.22. The van der Waals surface area contributed by atoms with Gasteiger partial charge in [0.1, 0.15) is 5.78 Å². The fourth-order valence-corrected chi connectivity index (χ4v) is 2.40. The number of ketones is 1. The highest BCUT2D eigenvalue weighted by atomic mass is 35.5. The molecule has 0 radical (unpaired) electrons. The normalized spacial score (nSPS) is 19.7. The van der Waals surface area contributed by atoms with Gasteiger partial charge in [-0.25, -0.2) is 0 Å². The van der Waals surface area contributed by atoms with Crippen LogP contribution in [-0.2, 0) is 16.0 Å². The number of Topliss-reactive ketones (excluding diaryl/α,β-unsaturated/α-hetero) is 1. The first-order chi connectivity index (χ1) is 8.74. The molecule has 98 valence electrons. The highest BCUT2D eigenvalue weighted by Crippen LogP contribution is 2.18. The summed E-state index contributed by atoms with van der Waals surface area (Å²) in [7, 11) is 0. The summed E-state index contributed by atoms with van der Waals surface area (Å²) in [5, 5.41) is 0.710. The lowest BCUT2D eigenvalue weighted by atomic mass is 10.0. The Hall–Kier alpha value is -0.860. The lowest BCUT2D eigenvalue weighted by Crippen LogP contribution is -2.20. The van der Waals surface area contributed by atoms with Crippen LogP contribution in [-0.4, -0.2) is 18.5 Å². The number of hydrogen-bond acceptors (Lipinski definition) is 2. The predicted molar refractivity (Wildman–Crippen MR) is 73.0 cm³/mol. The minimum atomic E-state index is 0.284. The van der Waals surface area contributed by atoms with Gasteiger partial charge in [-0.2, -0.15) is 0 Å². The van der Waals surface area contributed by atoms with E-state index in [0.717, 1.165) is 31.4 Å². The van der Waals surface area contributed by atoms with E-state index in [-0.39, 0.29) is 5.78 Å². The molecule has 1 saturated heterocycles. The Morgan fingerprint density at radius 2 is 2.06 bits per heavy atom. The third kappa shape index (κ3) is 4.43. The first-order valence-corrected chi connectivity index (χ1v) is 6.99. The Bertz CT molecular complexity index is 380. The quantitative estimate of drug-likeness (QED) is 0.810. The standard InChI is InChI=1S/C15H19ClO2/c16-13-6-4-12(5-7-13)11-14(17)8-9-15-3-1-2-10-18-15/h4-7,15H,1-3,8-11H2. The molecule has 0 N–H and O–H groups in total. The molecule has 1 fully saturated rings. The molecule has 1 unspecified atom stereocenters. The molecule has 0 saturated carbocycles. The molecule has 1 atom stereocenters. The van der Waals surface area contributed by atoms with Gasteiger partial charge in [0.2, 0.25) is 0 Å². The molecular formula is C15H19ClO2. The van der Waals surface area contributed by atoms with Crippen LogP contribution in [0.2, 0.25) is 5.02 Å². The molecule has 18 heavy (non-hydrogen) atoms. The zero-order valence-corrected chi connectivity index (χ0v) is 11.3. The molecular weight excluding hydrogens is 248 g/mol. The van der Waals surface area contributed by atoms with Crippen LogP contribution in [0.1, 0.15) is 37.7 Å². The molecule has 3 heteroatoms. The van der Waals surface area contributed by atoms with Crippen LogP contribution in [0.4, 0.5) is 0 Å². The summed E-state index contributed by atoms with van der Waals surface area (Å²) in [6.45, 7) is 0.857. The first kappa shape index (κ1) is 13.6. The summed E-state index contributed by atoms with van der Waals surface area (Å²) in [6.07, 6.45) is 5.79. The molecule has 1 aromatic carbocycles. The van der Waals surface area contributed by atoms with Gasteiger partial charge in [-0.15, -0.1) is 0 Å². The summed E-state index contributed by atoms with van der Waals surface area (Å²) in [5.41, 5.74) is 1.04. The minimum absolute atomic E-state index is 0.284. The van der Waals surface area contributed by atoms with E-state index in [2.05, 4.69) is 0 Å². The summed E-state index contributed by atoms with van der Waals surface area (Å²) in [6, 6.07) is 7.48. The van der Waals surface area contributed by atoms with Crippen LogP contribution in [0.3, 0.4) is 0 Å². The molecule has 1 aromatic rings. The highest BCUT2D eigenvalue weighted by Gasteiger charge is 2.15. The smallest absolute Gasteiger partial charge is 0.137 e. The average molecular weight is 267 g/mol. The van der Waals surface area contributed by atoms with Gasteiger partial charge in [-0.05, 0) is 43.4 Å². The fraction of sp³-hybridized carbons (Fsp3) is 0.533. The van der Waals surface area contributed by atoms with Crippen LogP contribution in [0.5, 0.6) is 0 Å². The maximum atomic E-state index is 11.9. The second-order valence-corrected chi connectivity index (χ2v) is 5.31. The Morgan fingerprint density at radius 3 is 2.72 bits per heavy atom. The maximum Gasteiger partial charge on any atom is 0.137 e. The van der Waals surface area contributed by atoms with E-state index in [0.29, 0.717) is 24.0 Å². The topological polar surface area (TPSA) is 26.3 Å². The lowest BCUT2D eigenvalue weighted by molar-refractivity contribution is -0.119. The Kier molecular flexibility index (Phi) is 5.21. The number of halogens is 1. The Balaban J connectivity index is 1.73. The van der Waals surface area contributed by atoms with E-state index in [1.165, 1.54) is 6.42 Å². The fourth-order valence-electron chi connectivity index (χ4n) is 2.28. The molecule has 0 bridgehead atoms. The molecule has 1 heterocycles. The van der Waals surface area contributed by atoms with E-state index >= 15 is 0 Å². The van der Waals surface area contributed by atoms with Gasteiger partial charge in [0.25, 0.3) is 0 Å². The molecule has 0 amide bonds. The number of carbonyl (C=O) groups is 1. The number of benzene rings is 1. The molecule has 1 aliphatic rings. The largest absolute Gasteiger partial charge is 0.378 e. The third-order valence-corrected chi connectivity index (χ3v) is 3.59. The van der Waals surface area contributed by atoms with Crippen molar-refractivity contribution >= 4 is 17.4 Å². The van der Waals surface area contributed by atoms with Gasteiger partial charge in [-0.1, -0.05) is 23.7 Å². The van der Waals surface area contributed by atoms with E-state index in [1.807, 2.05) is 24.3 Å². The van der Waals surface area contributed by atoms with Gasteiger partial charge < -0.3 is 4.74 Å². The van der Waals surface area contributed by atoms with E-state index in [1.54, 1.807) is 0 Å². The maximum absolute atomic E-state index is 11.9. The second-order valence-electron chi connectivity index (χ2n) is 4.87. The average Bonchev–Trinajstić information content (AvgIpc) is 2.40. The van der Waals surface area contributed by atoms with Crippen molar-refractivity contribution in [3.05, 3.63) is 34.9 Å². The van der Waals surface area contributed by atoms with Crippen molar-refractivity contribution < 1.29 is 9.53 Å². The van der Waals surface area contributed by atoms with Gasteiger partial charge in [0.05, 0.1) is 6.10 Å². The SMILES string of the molecule is O=C(CCC1CCCCO1)Cc1ccc(Cl)cc1. The van der Waals surface area contributed by atoms with Gasteiger partial charge in [-0.3, -0.25) is 4.79 Å². The summed E-state index contributed by atoms with van der Waals surface area (Å²) in [5.74, 6) is 0.284. The zero-order valence-electron chi connectivity index (χ0n) is 10.5. The molecule has 0 aliphatic carbocycles. The number of carbonyl (C=O) groups excluding carboxylic acids is 1. The van der Waals surface area contributed by atoms with Crippen molar-refractivity contribution in [2.75, 3.05) is 6.61 Å². The predicted octanol–water partition coefficient (Wildman–Crippen LogP) is 3.80. The van der Waals surface area contributed by atoms with Gasteiger partial charge >= 0.3 is 0 Å². The van der Waals surface area contributed by atoms with Crippen LogP contribution >= 0.6 is 11.6 Å². The summed E-state index contributed by atoms with van der Waals surface area (Å²) < 4.78 is 5.62. The Morgan fingerprint density at radius 1 is 1.28 bits per heavy atom. The van der Waals surface area contributed by atoms with Crippen LogP contribution in [0.15, 0.2) is 24.3 Å². The van der Waals surface area contributed by atoms with Crippen LogP contribution < -0.4 is 0 Å². The molecule has 0 spiro atoms. The van der Waals surface area contributed by atoms with E-state index in [4.69, 9.17) is 16.3 Å². The van der Waals surface area contributed by atoms with Crippen LogP contribution in [0.25, 0.3) is 0 Å². The Labute approximate surface area is 113 Å². The monoisotopic (exact) mass is 266 g/mol. The van der Waals surface area contributed by atoms with E-state index < -0.39 is 0 Å². The molecule has 2 nitrogen and oxygen atoms in total. The highest BCUT2D eigenvalue weighted by molar-refractivity contribution is 6.30. The summed E-state index contributed by atoms with van der Waals surface area (Å²) in [4.78, 5) is 11.9. The second kappa shape index (κ2) is 6.91. The molecule has 2 rings (SSSR count). The summed E-state index contributed by atoms with van der Waals surface area (Å²) >= 11 is 5.81. The van der Waals surface area contributed by atoms with Gasteiger partial charge in [0.15, 0.2) is 0 Å². The first-order valence-electron chi connectivity index (χ1n) is 6.62. The van der Waals surface area contributed by atoms with E-state index in [9.17, 15) is 4.79 Å². The number of rotatable bonds is 5. The van der Waals surface area contributed by atoms with Crippen molar-refractivity contribution in [3.8, 4) is 0 Å². The van der Waals surface area contributed by atoms with Crippen molar-refractivity contribution in [3.63, 3.8) is 0 Å². The third-order valence-electron chi connectivity index (χ3n) is 3.33. The van der Waals surface area contributed by atoms with Crippen molar-refractivity contribution in [1.82, 2.24) is 0 Å². The van der Waals surface area contributed by atoms with Crippen molar-refractivity contribution in [1.29, 1.82) is 0 Å². The van der Waals surface area contributed by atoms with Crippen LogP contribution in [0, 0.1) is 0 Å². The zero-order chi connectivity index (χ0) is 12.8. The van der Waals surface area contributed by atoms with Crippen molar-refractivity contribution in [2.45, 2.75) is 44.6 Å². The molecule has 0 aromatic heterocycles. The minimum Gasteiger partial charge on any atom is -0.378 e. The molecule has 1 aliphatic heterocycles.